The molecule has 0 saturated carbocycles. The molecule has 0 nitrogen and oxygen atoms in total. The van der Waals surface area contributed by atoms with Gasteiger partial charge in [0.2, 0.25) is 0 Å². The molecule has 6 rings (SSSR count). The van der Waals surface area contributed by atoms with Gasteiger partial charge in [0.25, 0.3) is 0 Å². The molecule has 0 aliphatic heterocycles. The molecule has 178 valence electrons. The van der Waals surface area contributed by atoms with E-state index in [9.17, 15) is 0 Å². The molecular formula is C32H28Cl2SiTi. The fraction of sp³-hybridized carbons (Fsp3) is 0.125. The summed E-state index contributed by atoms with van der Waals surface area (Å²) in [6.45, 7) is 2.12. The van der Waals surface area contributed by atoms with Crippen LogP contribution >= 0.6 is 22.2 Å². The Labute approximate surface area is 234 Å². The van der Waals surface area contributed by atoms with Gasteiger partial charge in [0.05, 0.1) is 0 Å². The quantitative estimate of drug-likeness (QED) is 0.175. The summed E-state index contributed by atoms with van der Waals surface area (Å²) in [4.78, 5) is 0. The van der Waals surface area contributed by atoms with Crippen molar-refractivity contribution < 1.29 is 19.2 Å². The number of benzene rings is 4. The minimum Gasteiger partial charge on any atom is -0.134 e. The maximum Gasteiger partial charge on any atom is 0.310 e. The fourth-order valence-electron chi connectivity index (χ4n) is 5.03. The van der Waals surface area contributed by atoms with Gasteiger partial charge in [-0.1, -0.05) is 60.7 Å². The van der Waals surface area contributed by atoms with Gasteiger partial charge in [0.1, 0.15) is 0 Å². The molecule has 0 amide bonds. The zero-order chi connectivity index (χ0) is 25.1. The summed E-state index contributed by atoms with van der Waals surface area (Å²) in [5.41, 5.74) is 9.13. The average molecular weight is 559 g/mol. The Morgan fingerprint density at radius 1 is 0.528 bits per heavy atom. The second-order valence-corrected chi connectivity index (χ2v) is 18.0. The Morgan fingerprint density at radius 2 is 0.889 bits per heavy atom. The van der Waals surface area contributed by atoms with Gasteiger partial charge in [-0.15, -0.1) is 22.2 Å². The molecule has 2 aliphatic rings. The van der Waals surface area contributed by atoms with Crippen molar-refractivity contribution in [2.24, 2.45) is 0 Å². The minimum absolute atomic E-state index is 0.137. The van der Waals surface area contributed by atoms with E-state index in [1.165, 1.54) is 11.1 Å². The van der Waals surface area contributed by atoms with Crippen LogP contribution in [0.3, 0.4) is 0 Å². The van der Waals surface area contributed by atoms with Crippen molar-refractivity contribution in [1.29, 1.82) is 0 Å². The van der Waals surface area contributed by atoms with Gasteiger partial charge in [0.15, 0.2) is 0 Å². The van der Waals surface area contributed by atoms with Gasteiger partial charge in [-0.3, -0.25) is 0 Å². The van der Waals surface area contributed by atoms with Crippen molar-refractivity contribution >= 4 is 51.4 Å². The van der Waals surface area contributed by atoms with Crippen molar-refractivity contribution in [3.8, 4) is 0 Å². The van der Waals surface area contributed by atoms with Crippen LogP contribution in [0.1, 0.15) is 44.5 Å². The number of allylic oxidation sites excluding steroid dienone is 2. The molecule has 0 bridgehead atoms. The summed E-state index contributed by atoms with van der Waals surface area (Å²) >= 11 is 12.8. The average Bonchev–Trinajstić information content (AvgIpc) is 3.41. The number of rotatable bonds is 4. The molecule has 0 spiro atoms. The van der Waals surface area contributed by atoms with Crippen molar-refractivity contribution in [2.45, 2.75) is 22.3 Å². The Hall–Kier alpha value is -2.13. The van der Waals surface area contributed by atoms with E-state index in [0.717, 1.165) is 10.4 Å². The molecule has 2 unspecified atom stereocenters. The molecule has 4 aromatic rings. The van der Waals surface area contributed by atoms with Gasteiger partial charge < -0.3 is 0 Å². The van der Waals surface area contributed by atoms with E-state index in [-0.39, 0.29) is 19.2 Å². The summed E-state index contributed by atoms with van der Waals surface area (Å²) in [5.74, 6) is 0. The predicted molar refractivity (Wildman–Crippen MR) is 155 cm³/mol. The molecule has 2 aliphatic carbocycles. The molecule has 2 atom stereocenters. The molecule has 0 saturated heterocycles. The van der Waals surface area contributed by atoms with Gasteiger partial charge in [-0.2, -0.15) is 0 Å². The summed E-state index contributed by atoms with van der Waals surface area (Å²) in [5, 5.41) is 2.05. The van der Waals surface area contributed by atoms with Crippen molar-refractivity contribution in [2.75, 3.05) is 0 Å². The van der Waals surface area contributed by atoms with Crippen LogP contribution in [-0.4, -0.2) is 6.69 Å². The zero-order valence-electron chi connectivity index (χ0n) is 20.5. The van der Waals surface area contributed by atoms with Crippen molar-refractivity contribution in [3.05, 3.63) is 143 Å². The Morgan fingerprint density at radius 3 is 1.31 bits per heavy atom. The van der Waals surface area contributed by atoms with Gasteiger partial charge in [-0.05, 0) is 10.4 Å². The minimum atomic E-state index is -2.51. The van der Waals surface area contributed by atoms with Crippen LogP contribution in [0.4, 0.5) is 0 Å². The van der Waals surface area contributed by atoms with Crippen LogP contribution in [0, 0.1) is 0 Å². The second kappa shape index (κ2) is 11.1. The predicted octanol–water partition coefficient (Wildman–Crippen LogP) is 8.11. The maximum absolute atomic E-state index is 6.49. The van der Waals surface area contributed by atoms with Crippen LogP contribution in [-0.2, 0) is 19.2 Å². The number of halogens is 2. The monoisotopic (exact) mass is 558 g/mol. The van der Waals surface area contributed by atoms with Gasteiger partial charge in [-0.25, -0.2) is 0 Å². The summed E-state index contributed by atoms with van der Waals surface area (Å²) in [6, 6.07) is 37.6. The summed E-state index contributed by atoms with van der Waals surface area (Å²) < 4.78 is 1.39. The summed E-state index contributed by atoms with van der Waals surface area (Å²) in [6.07, 6.45) is 4.78. The smallest absolute Gasteiger partial charge is 0.134 e. The Kier molecular flexibility index (Phi) is 7.86. The van der Waals surface area contributed by atoms with Crippen molar-refractivity contribution in [3.63, 3.8) is 0 Å². The largest absolute Gasteiger partial charge is 0.310 e. The van der Waals surface area contributed by atoms with E-state index in [1.54, 1.807) is 22.3 Å². The normalized spacial score (nSPS) is 17.8. The SMILES string of the molecule is CC1=Cc2ccccc2[CH]1[Ti][CH]1C(C)=Cc2ccccc21.Cl[Si](Cl)(c1ccccc1)c1ccccc1. The second-order valence-electron chi connectivity index (χ2n) is 9.37. The molecule has 0 fully saturated rings. The zero-order valence-corrected chi connectivity index (χ0v) is 24.5. The summed E-state index contributed by atoms with van der Waals surface area (Å²) in [7, 11) is 0. The fourth-order valence-corrected chi connectivity index (χ4v) is 11.1. The van der Waals surface area contributed by atoms with E-state index >= 15 is 0 Å². The van der Waals surface area contributed by atoms with Crippen molar-refractivity contribution in [1.82, 2.24) is 0 Å². The third kappa shape index (κ3) is 5.28. The van der Waals surface area contributed by atoms with E-state index in [2.05, 4.69) is 74.5 Å². The van der Waals surface area contributed by atoms with Crippen LogP contribution in [0.15, 0.2) is 120 Å². The van der Waals surface area contributed by atoms with Crippen LogP contribution in [0.25, 0.3) is 12.2 Å². The van der Waals surface area contributed by atoms with E-state index in [1.807, 2.05) is 60.7 Å². The topological polar surface area (TPSA) is 0 Å². The molecule has 4 heteroatoms. The molecule has 0 aromatic heterocycles. The van der Waals surface area contributed by atoms with E-state index < -0.39 is 6.69 Å². The molecule has 0 N–H and O–H groups in total. The molecule has 0 radical (unpaired) electrons. The number of hydrogen-bond donors (Lipinski definition) is 0. The van der Waals surface area contributed by atoms with Gasteiger partial charge >= 0.3 is 142 Å². The third-order valence-electron chi connectivity index (χ3n) is 6.90. The first-order valence-electron chi connectivity index (χ1n) is 12.2. The first-order chi connectivity index (χ1) is 17.4. The first kappa shape index (κ1) is 25.5. The van der Waals surface area contributed by atoms with Crippen LogP contribution in [0.2, 0.25) is 0 Å². The third-order valence-corrected chi connectivity index (χ3v) is 15.1. The Balaban J connectivity index is 0.000000157. The van der Waals surface area contributed by atoms with Crippen LogP contribution in [0.5, 0.6) is 0 Å². The maximum atomic E-state index is 6.49. The molecule has 4 aromatic carbocycles. The van der Waals surface area contributed by atoms with E-state index in [4.69, 9.17) is 22.2 Å². The standard InChI is InChI=1S/C12H10Cl2Si.2C10H9.Ti/c13-15(14,11-7-3-1-4-8-11)12-9-5-2-6-10-12;2*1-8-6-9-4-2-3-5-10(9)7-8;/h1-10H;2*2-7H,1H3;. The first-order valence-corrected chi connectivity index (χ1v) is 18.1. The Bertz CT molecular complexity index is 1300. The molecule has 0 heterocycles. The molecule has 36 heavy (non-hydrogen) atoms. The number of hydrogen-bond acceptors (Lipinski definition) is 0. The van der Waals surface area contributed by atoms with E-state index in [0.29, 0.717) is 8.45 Å². The van der Waals surface area contributed by atoms with Crippen LogP contribution < -0.4 is 10.4 Å². The van der Waals surface area contributed by atoms with Gasteiger partial charge in [0, 0.05) is 0 Å². The molecular weight excluding hydrogens is 531 g/mol. The number of fused-ring (bicyclic) bond motifs is 2.